The molecule has 0 radical (unpaired) electrons. The molecule has 0 saturated carbocycles. The molecule has 7 heteroatoms. The lowest BCUT2D eigenvalue weighted by Crippen LogP contribution is -2.06. The van der Waals surface area contributed by atoms with Crippen molar-refractivity contribution in [1.82, 2.24) is 10.2 Å². The summed E-state index contributed by atoms with van der Waals surface area (Å²) in [6.07, 6.45) is 2.34. The van der Waals surface area contributed by atoms with Crippen molar-refractivity contribution in [3.63, 3.8) is 0 Å². The third-order valence-corrected chi connectivity index (χ3v) is 5.93. The maximum absolute atomic E-state index is 12.2. The summed E-state index contributed by atoms with van der Waals surface area (Å²) in [5.74, 6) is 0.115. The Labute approximate surface area is 176 Å². The van der Waals surface area contributed by atoms with Gasteiger partial charge in [0.15, 0.2) is 6.10 Å². The summed E-state index contributed by atoms with van der Waals surface area (Å²) < 4.78 is 12.1. The Balaban J connectivity index is 1.44. The van der Waals surface area contributed by atoms with Gasteiger partial charge in [-0.3, -0.25) is 0 Å². The lowest BCUT2D eigenvalue weighted by Gasteiger charge is -2.06. The fourth-order valence-corrected chi connectivity index (χ4v) is 4.24. The molecule has 29 heavy (non-hydrogen) atoms. The molecule has 2 aromatic heterocycles. The quantitative estimate of drug-likeness (QED) is 0.280. The molecule has 2 heterocycles. The molecule has 0 bridgehead atoms. The van der Waals surface area contributed by atoms with Gasteiger partial charge in [0.05, 0.1) is 5.02 Å². The Morgan fingerprint density at radius 2 is 2.03 bits per heavy atom. The average Bonchev–Trinajstić information content (AvgIpc) is 3.32. The maximum atomic E-state index is 12.2. The van der Waals surface area contributed by atoms with Gasteiger partial charge in [-0.05, 0) is 38.1 Å². The molecule has 4 rings (SSSR count). The normalized spacial score (nSPS) is 12.5. The van der Waals surface area contributed by atoms with Gasteiger partial charge in [0, 0.05) is 26.6 Å². The first kappa shape index (κ1) is 19.4. The molecule has 0 saturated heterocycles. The van der Waals surface area contributed by atoms with E-state index in [1.807, 2.05) is 55.5 Å². The number of ether oxygens (including phenoxy) is 1. The molecular formula is C22H17ClN2O3S. The van der Waals surface area contributed by atoms with Gasteiger partial charge >= 0.3 is 5.97 Å². The zero-order valence-corrected chi connectivity index (χ0v) is 17.3. The van der Waals surface area contributed by atoms with Crippen LogP contribution in [-0.4, -0.2) is 16.2 Å². The molecule has 0 amide bonds. The zero-order valence-electron chi connectivity index (χ0n) is 15.8. The maximum Gasteiger partial charge on any atom is 0.331 e. The average molecular weight is 425 g/mol. The molecule has 0 spiro atoms. The van der Waals surface area contributed by atoms with E-state index in [1.165, 1.54) is 17.4 Å². The summed E-state index contributed by atoms with van der Waals surface area (Å²) in [6.45, 7) is 3.67. The number of rotatable bonds is 5. The van der Waals surface area contributed by atoms with Crippen molar-refractivity contribution < 1.29 is 13.9 Å². The van der Waals surface area contributed by atoms with Crippen LogP contribution in [0.3, 0.4) is 0 Å². The highest BCUT2D eigenvalue weighted by molar-refractivity contribution is 7.20. The van der Waals surface area contributed by atoms with Gasteiger partial charge in [-0.25, -0.2) is 4.79 Å². The number of hydrogen-bond acceptors (Lipinski definition) is 6. The first-order chi connectivity index (χ1) is 14.0. The molecule has 2 aromatic carbocycles. The number of fused-ring (bicyclic) bond motifs is 1. The number of carbonyl (C=O) groups is 1. The minimum atomic E-state index is -0.670. The van der Waals surface area contributed by atoms with Crippen molar-refractivity contribution in [2.45, 2.75) is 20.0 Å². The van der Waals surface area contributed by atoms with Crippen molar-refractivity contribution in [2.75, 3.05) is 0 Å². The van der Waals surface area contributed by atoms with Crippen LogP contribution in [0.25, 0.3) is 27.6 Å². The Morgan fingerprint density at radius 1 is 1.21 bits per heavy atom. The van der Waals surface area contributed by atoms with E-state index in [0.717, 1.165) is 26.1 Å². The van der Waals surface area contributed by atoms with Gasteiger partial charge in [-0.2, -0.15) is 0 Å². The molecule has 1 atom stereocenters. The highest BCUT2D eigenvalue weighted by Crippen LogP contribution is 2.36. The van der Waals surface area contributed by atoms with Gasteiger partial charge in [0.2, 0.25) is 5.89 Å². The molecule has 0 aliphatic rings. The largest absolute Gasteiger partial charge is 0.449 e. The first-order valence-corrected chi connectivity index (χ1v) is 10.2. The van der Waals surface area contributed by atoms with Crippen molar-refractivity contribution in [1.29, 1.82) is 0 Å². The topological polar surface area (TPSA) is 65.2 Å². The van der Waals surface area contributed by atoms with E-state index < -0.39 is 12.1 Å². The number of carbonyl (C=O) groups excluding carboxylic acids is 1. The van der Waals surface area contributed by atoms with E-state index >= 15 is 0 Å². The molecule has 0 aliphatic carbocycles. The van der Waals surface area contributed by atoms with Gasteiger partial charge in [0.25, 0.3) is 5.89 Å². The van der Waals surface area contributed by atoms with Gasteiger partial charge in [0.1, 0.15) is 0 Å². The lowest BCUT2D eigenvalue weighted by atomic mass is 10.1. The van der Waals surface area contributed by atoms with Crippen molar-refractivity contribution in [3.8, 4) is 11.5 Å². The fraction of sp³-hybridized carbons (Fsp3) is 0.136. The molecular weight excluding hydrogens is 408 g/mol. The van der Waals surface area contributed by atoms with Crippen molar-refractivity contribution >= 4 is 45.1 Å². The predicted octanol–water partition coefficient (Wildman–Crippen LogP) is 6.23. The number of aryl methyl sites for hydroxylation is 1. The van der Waals surface area contributed by atoms with Crippen LogP contribution in [0.5, 0.6) is 0 Å². The van der Waals surface area contributed by atoms with Gasteiger partial charge in [-0.15, -0.1) is 21.5 Å². The minimum absolute atomic E-state index is 0.239. The Kier molecular flexibility index (Phi) is 5.47. The second-order valence-corrected chi connectivity index (χ2v) is 7.97. The van der Waals surface area contributed by atoms with E-state index in [9.17, 15) is 4.79 Å². The van der Waals surface area contributed by atoms with Crippen LogP contribution < -0.4 is 0 Å². The SMILES string of the molecule is Cc1cccc(-c2nnc(C(C)OC(=O)/C=C/c3sc4ccccc4c3Cl)o2)c1. The third-order valence-electron chi connectivity index (χ3n) is 4.28. The van der Waals surface area contributed by atoms with Crippen LogP contribution in [0.1, 0.15) is 29.4 Å². The Morgan fingerprint density at radius 3 is 2.83 bits per heavy atom. The number of hydrogen-bond donors (Lipinski definition) is 0. The van der Waals surface area contributed by atoms with E-state index in [1.54, 1.807) is 13.0 Å². The molecule has 1 unspecified atom stereocenters. The highest BCUT2D eigenvalue weighted by Gasteiger charge is 2.18. The van der Waals surface area contributed by atoms with Crippen LogP contribution in [0.4, 0.5) is 0 Å². The second-order valence-electron chi connectivity index (χ2n) is 6.50. The van der Waals surface area contributed by atoms with Crippen LogP contribution in [0.15, 0.2) is 59.0 Å². The standard InChI is InChI=1S/C22H17ClN2O3S/c1-13-6-5-7-15(12-13)22-25-24-21(28-22)14(2)27-19(26)11-10-18-20(23)16-8-3-4-9-17(16)29-18/h3-12,14H,1-2H3/b11-10+. The summed E-state index contributed by atoms with van der Waals surface area (Å²) in [5, 5.41) is 9.64. The van der Waals surface area contributed by atoms with Crippen molar-refractivity contribution in [2.24, 2.45) is 0 Å². The van der Waals surface area contributed by atoms with E-state index in [4.69, 9.17) is 20.8 Å². The number of aromatic nitrogens is 2. The number of halogens is 1. The van der Waals surface area contributed by atoms with Crippen LogP contribution in [0, 0.1) is 6.92 Å². The summed E-state index contributed by atoms with van der Waals surface area (Å²) in [4.78, 5) is 13.0. The smallest absolute Gasteiger partial charge is 0.331 e. The van der Waals surface area contributed by atoms with Crippen LogP contribution >= 0.6 is 22.9 Å². The number of thiophene rings is 1. The summed E-state index contributed by atoms with van der Waals surface area (Å²) in [5.41, 5.74) is 1.91. The molecule has 0 aliphatic heterocycles. The molecule has 0 fully saturated rings. The fourth-order valence-electron chi connectivity index (χ4n) is 2.84. The zero-order chi connectivity index (χ0) is 20.4. The number of benzene rings is 2. The summed E-state index contributed by atoms with van der Waals surface area (Å²) >= 11 is 7.90. The van der Waals surface area contributed by atoms with Crippen LogP contribution in [0.2, 0.25) is 5.02 Å². The molecule has 0 N–H and O–H groups in total. The first-order valence-electron chi connectivity index (χ1n) is 8.97. The Bertz CT molecular complexity index is 1210. The predicted molar refractivity (Wildman–Crippen MR) is 115 cm³/mol. The van der Waals surface area contributed by atoms with E-state index in [2.05, 4.69) is 10.2 Å². The number of nitrogens with zero attached hydrogens (tertiary/aromatic N) is 2. The number of esters is 1. The third kappa shape index (κ3) is 4.23. The molecule has 4 aromatic rings. The lowest BCUT2D eigenvalue weighted by molar-refractivity contribution is -0.143. The Hall–Kier alpha value is -2.96. The molecule has 5 nitrogen and oxygen atoms in total. The monoisotopic (exact) mass is 424 g/mol. The summed E-state index contributed by atoms with van der Waals surface area (Å²) in [6, 6.07) is 15.6. The highest BCUT2D eigenvalue weighted by atomic mass is 35.5. The van der Waals surface area contributed by atoms with Crippen molar-refractivity contribution in [3.05, 3.63) is 76.0 Å². The van der Waals surface area contributed by atoms with Gasteiger partial charge in [-0.1, -0.05) is 47.5 Å². The van der Waals surface area contributed by atoms with E-state index in [0.29, 0.717) is 10.9 Å². The van der Waals surface area contributed by atoms with Crippen LogP contribution in [-0.2, 0) is 9.53 Å². The second kappa shape index (κ2) is 8.19. The van der Waals surface area contributed by atoms with Gasteiger partial charge < -0.3 is 9.15 Å². The summed E-state index contributed by atoms with van der Waals surface area (Å²) in [7, 11) is 0. The minimum Gasteiger partial charge on any atom is -0.449 e. The molecule has 146 valence electrons. The van der Waals surface area contributed by atoms with E-state index in [-0.39, 0.29) is 5.89 Å².